The molecule has 0 unspecified atom stereocenters. The van der Waals surface area contributed by atoms with E-state index in [4.69, 9.17) is 14.2 Å². The average Bonchev–Trinajstić information content (AvgIpc) is 3.24. The molecular formula is C23H21N3O6. The molecule has 1 amide bonds. The fraction of sp³-hybridized carbons (Fsp3) is 0.217. The van der Waals surface area contributed by atoms with Crippen molar-refractivity contribution in [3.8, 4) is 22.7 Å². The summed E-state index contributed by atoms with van der Waals surface area (Å²) in [4.78, 5) is 39.4. The summed E-state index contributed by atoms with van der Waals surface area (Å²) >= 11 is 0. The summed E-state index contributed by atoms with van der Waals surface area (Å²) in [6.07, 6.45) is 0. The standard InChI is InChI=1S/C23H21N3O6/c1-4-25-16-12-14(10-11-17(16)32-13-18(25)27)20-19(22(28)30-2)21(23(29)31-3)26(24-20)15-8-6-5-7-9-15/h5-12H,4,13H2,1-3H3. The van der Waals surface area contributed by atoms with Crippen LogP contribution in [0.2, 0.25) is 0 Å². The number of nitrogens with zero attached hydrogens (tertiary/aromatic N) is 3. The van der Waals surface area contributed by atoms with Crippen molar-refractivity contribution in [1.29, 1.82) is 0 Å². The number of fused-ring (bicyclic) bond motifs is 1. The van der Waals surface area contributed by atoms with Crippen LogP contribution in [-0.2, 0) is 14.3 Å². The molecule has 0 spiro atoms. The molecule has 2 aromatic carbocycles. The monoisotopic (exact) mass is 435 g/mol. The van der Waals surface area contributed by atoms with Crippen LogP contribution in [0, 0.1) is 0 Å². The maximum Gasteiger partial charge on any atom is 0.357 e. The van der Waals surface area contributed by atoms with Crippen molar-refractivity contribution in [2.24, 2.45) is 0 Å². The second-order valence-electron chi connectivity index (χ2n) is 6.91. The lowest BCUT2D eigenvalue weighted by molar-refractivity contribution is -0.121. The molecule has 9 heteroatoms. The van der Waals surface area contributed by atoms with Crippen LogP contribution in [0.25, 0.3) is 16.9 Å². The molecule has 4 rings (SSSR count). The largest absolute Gasteiger partial charge is 0.482 e. The van der Waals surface area contributed by atoms with Crippen LogP contribution in [0.4, 0.5) is 5.69 Å². The lowest BCUT2D eigenvalue weighted by Gasteiger charge is -2.28. The molecule has 32 heavy (non-hydrogen) atoms. The number of ether oxygens (including phenoxy) is 3. The van der Waals surface area contributed by atoms with Crippen molar-refractivity contribution in [3.05, 3.63) is 59.8 Å². The highest BCUT2D eigenvalue weighted by Crippen LogP contribution is 2.37. The predicted molar refractivity (Wildman–Crippen MR) is 115 cm³/mol. The number of benzene rings is 2. The van der Waals surface area contributed by atoms with E-state index in [1.54, 1.807) is 47.4 Å². The van der Waals surface area contributed by atoms with Crippen LogP contribution in [0.1, 0.15) is 27.8 Å². The summed E-state index contributed by atoms with van der Waals surface area (Å²) < 4.78 is 16.8. The van der Waals surface area contributed by atoms with E-state index in [-0.39, 0.29) is 29.5 Å². The van der Waals surface area contributed by atoms with Crippen LogP contribution in [0.3, 0.4) is 0 Å². The molecule has 0 saturated carbocycles. The van der Waals surface area contributed by atoms with Gasteiger partial charge in [0.05, 0.1) is 25.6 Å². The lowest BCUT2D eigenvalue weighted by atomic mass is 10.0. The number of aromatic nitrogens is 2. The molecule has 9 nitrogen and oxygen atoms in total. The Hall–Kier alpha value is -4.14. The van der Waals surface area contributed by atoms with Crippen LogP contribution in [0.5, 0.6) is 5.75 Å². The van der Waals surface area contributed by atoms with Gasteiger partial charge in [0, 0.05) is 12.1 Å². The van der Waals surface area contributed by atoms with E-state index in [2.05, 4.69) is 5.10 Å². The zero-order valence-corrected chi connectivity index (χ0v) is 17.8. The van der Waals surface area contributed by atoms with Crippen molar-refractivity contribution in [1.82, 2.24) is 9.78 Å². The number of para-hydroxylation sites is 1. The van der Waals surface area contributed by atoms with E-state index in [9.17, 15) is 14.4 Å². The summed E-state index contributed by atoms with van der Waals surface area (Å²) in [5.74, 6) is -1.10. The first-order valence-corrected chi connectivity index (χ1v) is 9.92. The van der Waals surface area contributed by atoms with Crippen LogP contribution < -0.4 is 9.64 Å². The number of carbonyl (C=O) groups excluding carboxylic acids is 3. The van der Waals surface area contributed by atoms with Crippen molar-refractivity contribution in [2.75, 3.05) is 32.3 Å². The van der Waals surface area contributed by atoms with Gasteiger partial charge < -0.3 is 19.1 Å². The quantitative estimate of drug-likeness (QED) is 0.568. The van der Waals surface area contributed by atoms with Gasteiger partial charge in [0.15, 0.2) is 12.3 Å². The topological polar surface area (TPSA) is 100.0 Å². The minimum Gasteiger partial charge on any atom is -0.482 e. The number of methoxy groups -OCH3 is 2. The molecule has 0 saturated heterocycles. The van der Waals surface area contributed by atoms with E-state index in [0.717, 1.165) is 0 Å². The highest BCUT2D eigenvalue weighted by molar-refractivity contribution is 6.07. The van der Waals surface area contributed by atoms with Crippen molar-refractivity contribution in [2.45, 2.75) is 6.92 Å². The van der Waals surface area contributed by atoms with Gasteiger partial charge in [-0.05, 0) is 37.3 Å². The first-order valence-electron chi connectivity index (χ1n) is 9.92. The van der Waals surface area contributed by atoms with Crippen LogP contribution in [0.15, 0.2) is 48.5 Å². The third-order valence-electron chi connectivity index (χ3n) is 5.15. The van der Waals surface area contributed by atoms with Gasteiger partial charge in [-0.3, -0.25) is 4.79 Å². The minimum absolute atomic E-state index is 0.0331. The Labute approximate surface area is 184 Å². The van der Waals surface area contributed by atoms with Crippen molar-refractivity contribution in [3.63, 3.8) is 0 Å². The summed E-state index contributed by atoms with van der Waals surface area (Å²) in [7, 11) is 2.46. The number of hydrogen-bond acceptors (Lipinski definition) is 7. The van der Waals surface area contributed by atoms with Gasteiger partial charge in [-0.25, -0.2) is 14.3 Å². The molecule has 1 aliphatic heterocycles. The summed E-state index contributed by atoms with van der Waals surface area (Å²) in [5.41, 5.74) is 1.77. The molecule has 0 N–H and O–H groups in total. The van der Waals surface area contributed by atoms with Crippen molar-refractivity contribution >= 4 is 23.5 Å². The predicted octanol–water partition coefficient (Wildman–Crippen LogP) is 2.86. The minimum atomic E-state index is -0.736. The van der Waals surface area contributed by atoms with E-state index in [0.29, 0.717) is 29.2 Å². The highest BCUT2D eigenvalue weighted by Gasteiger charge is 2.32. The molecule has 1 aromatic heterocycles. The number of rotatable bonds is 5. The molecule has 0 fully saturated rings. The van der Waals surface area contributed by atoms with Gasteiger partial charge >= 0.3 is 11.9 Å². The van der Waals surface area contributed by atoms with E-state index < -0.39 is 11.9 Å². The maximum absolute atomic E-state index is 12.8. The molecule has 0 radical (unpaired) electrons. The SMILES string of the molecule is CCN1C(=O)COc2ccc(-c3nn(-c4ccccc4)c(C(=O)OC)c3C(=O)OC)cc21. The Kier molecular flexibility index (Phi) is 5.63. The highest BCUT2D eigenvalue weighted by atomic mass is 16.5. The summed E-state index contributed by atoms with van der Waals surface area (Å²) in [5, 5.41) is 4.58. The second-order valence-corrected chi connectivity index (χ2v) is 6.91. The van der Waals surface area contributed by atoms with Gasteiger partial charge in [-0.2, -0.15) is 5.10 Å². The fourth-order valence-corrected chi connectivity index (χ4v) is 3.65. The van der Waals surface area contributed by atoms with E-state index >= 15 is 0 Å². The zero-order valence-electron chi connectivity index (χ0n) is 17.8. The number of hydrogen-bond donors (Lipinski definition) is 0. The molecule has 0 aliphatic carbocycles. The van der Waals surface area contributed by atoms with E-state index in [1.807, 2.05) is 13.0 Å². The van der Waals surface area contributed by atoms with E-state index in [1.165, 1.54) is 18.9 Å². The van der Waals surface area contributed by atoms with Gasteiger partial charge in [-0.1, -0.05) is 18.2 Å². The Morgan fingerprint density at radius 2 is 1.78 bits per heavy atom. The Balaban J connectivity index is 1.98. The van der Waals surface area contributed by atoms with Gasteiger partial charge in [0.25, 0.3) is 5.91 Å². The Bertz CT molecular complexity index is 1200. The molecule has 1 aliphatic rings. The average molecular weight is 435 g/mol. The number of amides is 1. The number of likely N-dealkylation sites (N-methyl/N-ethyl adjacent to an activating group) is 1. The molecule has 164 valence electrons. The number of carbonyl (C=O) groups is 3. The van der Waals surface area contributed by atoms with Gasteiger partial charge in [0.2, 0.25) is 0 Å². The third kappa shape index (κ3) is 3.47. The van der Waals surface area contributed by atoms with Crippen LogP contribution >= 0.6 is 0 Å². The Morgan fingerprint density at radius 3 is 2.44 bits per heavy atom. The maximum atomic E-state index is 12.8. The second kappa shape index (κ2) is 8.54. The van der Waals surface area contributed by atoms with Gasteiger partial charge in [0.1, 0.15) is 17.0 Å². The first kappa shape index (κ1) is 21.1. The fourth-order valence-electron chi connectivity index (χ4n) is 3.65. The third-order valence-corrected chi connectivity index (χ3v) is 5.15. The molecule has 3 aromatic rings. The Morgan fingerprint density at radius 1 is 1.06 bits per heavy atom. The number of anilines is 1. The lowest BCUT2D eigenvalue weighted by Crippen LogP contribution is -2.38. The summed E-state index contributed by atoms with van der Waals surface area (Å²) in [6.45, 7) is 2.27. The first-order chi connectivity index (χ1) is 15.5. The summed E-state index contributed by atoms with van der Waals surface area (Å²) in [6, 6.07) is 14.0. The van der Waals surface area contributed by atoms with Gasteiger partial charge in [-0.15, -0.1) is 0 Å². The normalized spacial score (nSPS) is 12.7. The zero-order chi connectivity index (χ0) is 22.8. The molecular weight excluding hydrogens is 414 g/mol. The smallest absolute Gasteiger partial charge is 0.357 e. The van der Waals surface area contributed by atoms with Crippen LogP contribution in [-0.4, -0.2) is 55.0 Å². The molecule has 2 heterocycles. The van der Waals surface area contributed by atoms with Crippen molar-refractivity contribution < 1.29 is 28.6 Å². The molecule has 0 atom stereocenters. The molecule has 0 bridgehead atoms. The number of esters is 2.